The first-order valence-corrected chi connectivity index (χ1v) is 7.05. The fourth-order valence-corrected chi connectivity index (χ4v) is 2.11. The lowest BCUT2D eigenvalue weighted by molar-refractivity contribution is -0.890. The Bertz CT molecular complexity index is 151. The van der Waals surface area contributed by atoms with E-state index in [1.165, 1.54) is 51.5 Å². The van der Waals surface area contributed by atoms with Gasteiger partial charge >= 0.3 is 0 Å². The SMILES string of the molecule is CCCCCCCCC[N+](C)(C)CCCO.[Cl-]. The molecule has 0 saturated carbocycles. The molecule has 0 atom stereocenters. The molecule has 1 N–H and O–H groups in total. The van der Waals surface area contributed by atoms with Crippen molar-refractivity contribution in [3.8, 4) is 0 Å². The molecule has 0 aliphatic heterocycles. The number of unbranched alkanes of at least 4 members (excludes halogenated alkanes) is 6. The van der Waals surface area contributed by atoms with Crippen LogP contribution in [0.15, 0.2) is 0 Å². The van der Waals surface area contributed by atoms with Crippen LogP contribution in [0.5, 0.6) is 0 Å². The molecular formula is C14H32ClNO. The topological polar surface area (TPSA) is 20.2 Å². The van der Waals surface area contributed by atoms with Crippen molar-refractivity contribution in [2.24, 2.45) is 0 Å². The molecular weight excluding hydrogens is 234 g/mol. The van der Waals surface area contributed by atoms with Crippen molar-refractivity contribution in [2.75, 3.05) is 33.8 Å². The summed E-state index contributed by atoms with van der Waals surface area (Å²) in [6, 6.07) is 0. The largest absolute Gasteiger partial charge is 1.00 e. The minimum Gasteiger partial charge on any atom is -1.00 e. The minimum absolute atomic E-state index is 0. The number of hydrogen-bond donors (Lipinski definition) is 1. The lowest BCUT2D eigenvalue weighted by atomic mass is 10.1. The van der Waals surface area contributed by atoms with Gasteiger partial charge in [-0.2, -0.15) is 0 Å². The highest BCUT2D eigenvalue weighted by Gasteiger charge is 2.12. The average molecular weight is 266 g/mol. The van der Waals surface area contributed by atoms with Crippen molar-refractivity contribution < 1.29 is 22.0 Å². The molecule has 0 saturated heterocycles. The predicted octanol–water partition coefficient (Wildman–Crippen LogP) is 0.200. The van der Waals surface area contributed by atoms with E-state index in [1.807, 2.05) is 0 Å². The zero-order valence-electron chi connectivity index (χ0n) is 12.1. The van der Waals surface area contributed by atoms with E-state index in [4.69, 9.17) is 5.11 Å². The molecule has 0 fully saturated rings. The summed E-state index contributed by atoms with van der Waals surface area (Å²) in [6.07, 6.45) is 10.6. The Labute approximate surface area is 114 Å². The third-order valence-electron chi connectivity index (χ3n) is 3.29. The number of quaternary nitrogens is 1. The van der Waals surface area contributed by atoms with Gasteiger partial charge in [0, 0.05) is 13.0 Å². The molecule has 0 aliphatic carbocycles. The monoisotopic (exact) mass is 265 g/mol. The van der Waals surface area contributed by atoms with Crippen LogP contribution in [0.1, 0.15) is 58.3 Å². The smallest absolute Gasteiger partial charge is 0.0804 e. The highest BCUT2D eigenvalue weighted by Crippen LogP contribution is 2.09. The van der Waals surface area contributed by atoms with Gasteiger partial charge in [0.2, 0.25) is 0 Å². The molecule has 0 radical (unpaired) electrons. The van der Waals surface area contributed by atoms with Crippen LogP contribution in [0.4, 0.5) is 0 Å². The lowest BCUT2D eigenvalue weighted by Crippen LogP contribution is -3.00. The van der Waals surface area contributed by atoms with Crippen LogP contribution in [-0.4, -0.2) is 43.4 Å². The highest BCUT2D eigenvalue weighted by molar-refractivity contribution is 4.45. The number of hydrogen-bond acceptors (Lipinski definition) is 1. The maximum absolute atomic E-state index is 8.81. The van der Waals surface area contributed by atoms with Crippen molar-refractivity contribution in [2.45, 2.75) is 58.3 Å². The van der Waals surface area contributed by atoms with Gasteiger partial charge in [0.1, 0.15) is 0 Å². The second-order valence-corrected chi connectivity index (χ2v) is 5.58. The number of aliphatic hydroxyl groups excluding tert-OH is 1. The molecule has 0 aliphatic rings. The summed E-state index contributed by atoms with van der Waals surface area (Å²) in [7, 11) is 4.54. The number of rotatable bonds is 11. The first-order valence-electron chi connectivity index (χ1n) is 7.05. The maximum atomic E-state index is 8.81. The average Bonchev–Trinajstić information content (AvgIpc) is 2.25. The van der Waals surface area contributed by atoms with Crippen LogP contribution in [0.25, 0.3) is 0 Å². The number of halogens is 1. The Balaban J connectivity index is 0. The van der Waals surface area contributed by atoms with E-state index in [-0.39, 0.29) is 12.4 Å². The summed E-state index contributed by atoms with van der Waals surface area (Å²) in [5.41, 5.74) is 0. The molecule has 106 valence electrons. The highest BCUT2D eigenvalue weighted by atomic mass is 35.5. The first-order chi connectivity index (χ1) is 7.62. The summed E-state index contributed by atoms with van der Waals surface area (Å²) < 4.78 is 1.06. The standard InChI is InChI=1S/C14H32NO.ClH/c1-4-5-6-7-8-9-10-12-15(2,3)13-11-14-16;/h16H,4-14H2,1-3H3;1H/q+1;/p-1. The fourth-order valence-electron chi connectivity index (χ4n) is 2.11. The molecule has 0 amide bonds. The summed E-state index contributed by atoms with van der Waals surface area (Å²) in [5, 5.41) is 8.81. The van der Waals surface area contributed by atoms with Crippen LogP contribution in [0, 0.1) is 0 Å². The molecule has 0 aromatic carbocycles. The molecule has 0 aromatic heterocycles. The van der Waals surface area contributed by atoms with Crippen LogP contribution < -0.4 is 12.4 Å². The Morgan fingerprint density at radius 1 is 0.765 bits per heavy atom. The number of aliphatic hydroxyl groups is 1. The van der Waals surface area contributed by atoms with Crippen molar-refractivity contribution in [3.05, 3.63) is 0 Å². The van der Waals surface area contributed by atoms with Gasteiger partial charge in [-0.05, 0) is 12.8 Å². The maximum Gasteiger partial charge on any atom is 0.0804 e. The normalized spacial score (nSPS) is 11.3. The van der Waals surface area contributed by atoms with Crippen molar-refractivity contribution in [1.29, 1.82) is 0 Å². The van der Waals surface area contributed by atoms with Gasteiger partial charge in [-0.15, -0.1) is 0 Å². The van der Waals surface area contributed by atoms with Gasteiger partial charge in [0.05, 0.1) is 27.2 Å². The Morgan fingerprint density at radius 2 is 1.24 bits per heavy atom. The third-order valence-corrected chi connectivity index (χ3v) is 3.29. The summed E-state index contributed by atoms with van der Waals surface area (Å²) >= 11 is 0. The molecule has 0 bridgehead atoms. The molecule has 0 heterocycles. The van der Waals surface area contributed by atoms with Crippen molar-refractivity contribution in [1.82, 2.24) is 0 Å². The van der Waals surface area contributed by atoms with Crippen molar-refractivity contribution in [3.63, 3.8) is 0 Å². The van der Waals surface area contributed by atoms with Crippen LogP contribution >= 0.6 is 0 Å². The molecule has 0 rings (SSSR count). The van der Waals surface area contributed by atoms with Gasteiger partial charge in [-0.1, -0.05) is 39.0 Å². The van der Waals surface area contributed by atoms with Crippen LogP contribution in [0.2, 0.25) is 0 Å². The van der Waals surface area contributed by atoms with E-state index in [0.717, 1.165) is 17.4 Å². The van der Waals surface area contributed by atoms with Gasteiger partial charge in [0.25, 0.3) is 0 Å². The predicted molar refractivity (Wildman–Crippen MR) is 71.5 cm³/mol. The number of nitrogens with zero attached hydrogens (tertiary/aromatic N) is 1. The van der Waals surface area contributed by atoms with Gasteiger partial charge in [0.15, 0.2) is 0 Å². The van der Waals surface area contributed by atoms with Crippen molar-refractivity contribution >= 4 is 0 Å². The molecule has 3 heteroatoms. The second-order valence-electron chi connectivity index (χ2n) is 5.58. The zero-order valence-corrected chi connectivity index (χ0v) is 12.8. The summed E-state index contributed by atoms with van der Waals surface area (Å²) in [5.74, 6) is 0. The molecule has 0 unspecified atom stereocenters. The van der Waals surface area contributed by atoms with Gasteiger partial charge in [-0.25, -0.2) is 0 Å². The van der Waals surface area contributed by atoms with E-state index < -0.39 is 0 Å². The molecule has 0 aromatic rings. The first kappa shape index (κ1) is 19.5. The Hall–Kier alpha value is 0.210. The summed E-state index contributed by atoms with van der Waals surface area (Å²) in [6.45, 7) is 4.96. The fraction of sp³-hybridized carbons (Fsp3) is 1.00. The van der Waals surface area contributed by atoms with Crippen LogP contribution in [-0.2, 0) is 0 Å². The van der Waals surface area contributed by atoms with Crippen LogP contribution in [0.3, 0.4) is 0 Å². The van der Waals surface area contributed by atoms with E-state index in [2.05, 4.69) is 21.0 Å². The zero-order chi connectivity index (χ0) is 12.3. The van der Waals surface area contributed by atoms with Gasteiger partial charge in [-0.3, -0.25) is 0 Å². The van der Waals surface area contributed by atoms with Gasteiger partial charge < -0.3 is 22.0 Å². The van der Waals surface area contributed by atoms with E-state index >= 15 is 0 Å². The minimum atomic E-state index is 0. The molecule has 2 nitrogen and oxygen atoms in total. The summed E-state index contributed by atoms with van der Waals surface area (Å²) in [4.78, 5) is 0. The second kappa shape index (κ2) is 12.7. The van der Waals surface area contributed by atoms with E-state index in [0.29, 0.717) is 6.61 Å². The Morgan fingerprint density at radius 3 is 1.76 bits per heavy atom. The Kier molecular flexibility index (Phi) is 14.6. The van der Waals surface area contributed by atoms with E-state index in [1.54, 1.807) is 0 Å². The molecule has 0 spiro atoms. The lowest BCUT2D eigenvalue weighted by Gasteiger charge is -2.29. The quantitative estimate of drug-likeness (QED) is 0.418. The third kappa shape index (κ3) is 14.1. The van der Waals surface area contributed by atoms with E-state index in [9.17, 15) is 0 Å². The molecule has 17 heavy (non-hydrogen) atoms.